The number of piperidine rings is 1. The molecule has 0 amide bonds. The second-order valence-electron chi connectivity index (χ2n) is 6.41. The number of hydrogen-bond acceptors (Lipinski definition) is 2. The standard InChI is InChI=1S/C17H25BrN2/c1-4-19-14-9-15-5-6-16(10-14)20(15)17-11(2)7-13(18)8-12(17)3/h7-8,14-16,19H,4-6,9-10H2,1-3H3. The number of nitrogens with one attached hydrogen (secondary N) is 1. The highest BCUT2D eigenvalue weighted by Crippen LogP contribution is 2.42. The molecule has 0 radical (unpaired) electrons. The number of halogens is 1. The minimum absolute atomic E-state index is 0.727. The number of nitrogens with zero attached hydrogens (tertiary/aromatic N) is 1. The normalized spacial score (nSPS) is 29.0. The fourth-order valence-electron chi connectivity index (χ4n) is 4.31. The van der Waals surface area contributed by atoms with Crippen LogP contribution in [0.2, 0.25) is 0 Å². The Morgan fingerprint density at radius 2 is 1.70 bits per heavy atom. The molecular weight excluding hydrogens is 312 g/mol. The second-order valence-corrected chi connectivity index (χ2v) is 7.32. The highest BCUT2D eigenvalue weighted by Gasteiger charge is 2.41. The molecule has 3 rings (SSSR count). The zero-order valence-corrected chi connectivity index (χ0v) is 14.3. The predicted octanol–water partition coefficient (Wildman–Crippen LogP) is 4.18. The molecule has 2 atom stereocenters. The largest absolute Gasteiger partial charge is 0.365 e. The van der Waals surface area contributed by atoms with Crippen LogP contribution in [0, 0.1) is 13.8 Å². The maximum Gasteiger partial charge on any atom is 0.0431 e. The SMILES string of the molecule is CCNC1CC2CCC(C1)N2c1c(C)cc(Br)cc1C. The van der Waals surface area contributed by atoms with Crippen LogP contribution in [0.5, 0.6) is 0 Å². The van der Waals surface area contributed by atoms with E-state index in [9.17, 15) is 0 Å². The minimum atomic E-state index is 0.727. The number of rotatable bonds is 3. The van der Waals surface area contributed by atoms with Crippen LogP contribution in [0.4, 0.5) is 5.69 Å². The molecule has 1 aromatic carbocycles. The first-order valence-corrected chi connectivity index (χ1v) is 8.68. The third-order valence-electron chi connectivity index (χ3n) is 4.94. The maximum absolute atomic E-state index is 3.66. The highest BCUT2D eigenvalue weighted by atomic mass is 79.9. The Kier molecular flexibility index (Phi) is 4.09. The summed E-state index contributed by atoms with van der Waals surface area (Å²) in [5.41, 5.74) is 4.32. The van der Waals surface area contributed by atoms with Crippen LogP contribution in [0.3, 0.4) is 0 Å². The Hall–Kier alpha value is -0.540. The van der Waals surface area contributed by atoms with Crippen LogP contribution in [0.1, 0.15) is 43.7 Å². The lowest BCUT2D eigenvalue weighted by Crippen LogP contribution is -2.49. The number of aryl methyl sites for hydroxylation is 2. The topological polar surface area (TPSA) is 15.3 Å². The van der Waals surface area contributed by atoms with Crippen molar-refractivity contribution in [3.8, 4) is 0 Å². The van der Waals surface area contributed by atoms with Gasteiger partial charge in [-0.3, -0.25) is 0 Å². The molecule has 1 N–H and O–H groups in total. The molecule has 0 spiro atoms. The summed E-state index contributed by atoms with van der Waals surface area (Å²) in [7, 11) is 0. The second kappa shape index (κ2) is 5.69. The van der Waals surface area contributed by atoms with E-state index in [1.807, 2.05) is 0 Å². The molecule has 2 aliphatic rings. The fraction of sp³-hybridized carbons (Fsp3) is 0.647. The Labute approximate surface area is 131 Å². The van der Waals surface area contributed by atoms with Crippen LogP contribution in [-0.4, -0.2) is 24.7 Å². The van der Waals surface area contributed by atoms with Gasteiger partial charge in [0.1, 0.15) is 0 Å². The predicted molar refractivity (Wildman–Crippen MR) is 89.6 cm³/mol. The third kappa shape index (κ3) is 2.50. The van der Waals surface area contributed by atoms with Gasteiger partial charge >= 0.3 is 0 Å². The van der Waals surface area contributed by atoms with Gasteiger partial charge in [0, 0.05) is 28.3 Å². The van der Waals surface area contributed by atoms with E-state index >= 15 is 0 Å². The van der Waals surface area contributed by atoms with Crippen molar-refractivity contribution in [3.05, 3.63) is 27.7 Å². The Morgan fingerprint density at radius 3 is 2.20 bits per heavy atom. The van der Waals surface area contributed by atoms with Gasteiger partial charge in [0.2, 0.25) is 0 Å². The summed E-state index contributed by atoms with van der Waals surface area (Å²) in [4.78, 5) is 2.74. The van der Waals surface area contributed by atoms with Crippen LogP contribution in [-0.2, 0) is 0 Å². The van der Waals surface area contributed by atoms with Crippen LogP contribution >= 0.6 is 15.9 Å². The lowest BCUT2D eigenvalue weighted by molar-refractivity contribution is 0.361. The molecule has 20 heavy (non-hydrogen) atoms. The zero-order chi connectivity index (χ0) is 14.3. The number of anilines is 1. The van der Waals surface area contributed by atoms with E-state index in [1.165, 1.54) is 47.0 Å². The highest BCUT2D eigenvalue weighted by molar-refractivity contribution is 9.10. The summed E-state index contributed by atoms with van der Waals surface area (Å²) in [6, 6.07) is 6.72. The molecule has 2 saturated heterocycles. The van der Waals surface area contributed by atoms with Gasteiger partial charge in [-0.05, 0) is 69.3 Å². The molecule has 2 aliphatic heterocycles. The quantitative estimate of drug-likeness (QED) is 0.890. The molecular formula is C17H25BrN2. The van der Waals surface area contributed by atoms with E-state index in [2.05, 4.69) is 59.1 Å². The van der Waals surface area contributed by atoms with Gasteiger partial charge in [-0.25, -0.2) is 0 Å². The molecule has 2 unspecified atom stereocenters. The average Bonchev–Trinajstić information content (AvgIpc) is 2.62. The Balaban J connectivity index is 1.89. The molecule has 2 bridgehead atoms. The maximum atomic E-state index is 3.66. The lowest BCUT2D eigenvalue weighted by Gasteiger charge is -2.42. The van der Waals surface area contributed by atoms with Crippen molar-refractivity contribution in [1.82, 2.24) is 5.32 Å². The summed E-state index contributed by atoms with van der Waals surface area (Å²) in [5, 5.41) is 3.66. The van der Waals surface area contributed by atoms with Crippen molar-refractivity contribution in [2.45, 2.75) is 64.6 Å². The average molecular weight is 337 g/mol. The van der Waals surface area contributed by atoms with Gasteiger partial charge in [0.15, 0.2) is 0 Å². The molecule has 2 heterocycles. The third-order valence-corrected chi connectivity index (χ3v) is 5.40. The molecule has 110 valence electrons. The first kappa shape index (κ1) is 14.4. The minimum Gasteiger partial charge on any atom is -0.365 e. The van der Waals surface area contributed by atoms with Crippen LogP contribution in [0.25, 0.3) is 0 Å². The number of fused-ring (bicyclic) bond motifs is 2. The van der Waals surface area contributed by atoms with E-state index in [-0.39, 0.29) is 0 Å². The molecule has 2 nitrogen and oxygen atoms in total. The van der Waals surface area contributed by atoms with E-state index in [0.29, 0.717) is 0 Å². The molecule has 0 aliphatic carbocycles. The van der Waals surface area contributed by atoms with E-state index < -0.39 is 0 Å². The summed E-state index contributed by atoms with van der Waals surface area (Å²) in [6.07, 6.45) is 5.33. The Morgan fingerprint density at radius 1 is 1.15 bits per heavy atom. The summed E-state index contributed by atoms with van der Waals surface area (Å²) in [5.74, 6) is 0. The molecule has 3 heteroatoms. The molecule has 1 aromatic rings. The summed E-state index contributed by atoms with van der Waals surface area (Å²) >= 11 is 3.62. The van der Waals surface area contributed by atoms with Crippen molar-refractivity contribution in [3.63, 3.8) is 0 Å². The van der Waals surface area contributed by atoms with Gasteiger partial charge in [0.25, 0.3) is 0 Å². The van der Waals surface area contributed by atoms with Crippen molar-refractivity contribution >= 4 is 21.6 Å². The first-order valence-electron chi connectivity index (χ1n) is 7.88. The van der Waals surface area contributed by atoms with E-state index in [4.69, 9.17) is 0 Å². The van der Waals surface area contributed by atoms with E-state index in [0.717, 1.165) is 24.7 Å². The van der Waals surface area contributed by atoms with Crippen molar-refractivity contribution < 1.29 is 0 Å². The molecule has 0 saturated carbocycles. The van der Waals surface area contributed by atoms with Gasteiger partial charge in [-0.15, -0.1) is 0 Å². The fourth-order valence-corrected chi connectivity index (χ4v) is 4.99. The van der Waals surface area contributed by atoms with Crippen molar-refractivity contribution in [2.75, 3.05) is 11.4 Å². The Bertz CT molecular complexity index is 463. The van der Waals surface area contributed by atoms with E-state index in [1.54, 1.807) is 0 Å². The summed E-state index contributed by atoms with van der Waals surface area (Å²) in [6.45, 7) is 7.82. The lowest BCUT2D eigenvalue weighted by atomic mass is 9.94. The zero-order valence-electron chi connectivity index (χ0n) is 12.7. The van der Waals surface area contributed by atoms with Crippen LogP contribution in [0.15, 0.2) is 16.6 Å². The molecule has 2 fully saturated rings. The number of benzene rings is 1. The van der Waals surface area contributed by atoms with Crippen molar-refractivity contribution in [1.29, 1.82) is 0 Å². The van der Waals surface area contributed by atoms with Gasteiger partial charge in [-0.1, -0.05) is 22.9 Å². The monoisotopic (exact) mass is 336 g/mol. The van der Waals surface area contributed by atoms with Crippen LogP contribution < -0.4 is 10.2 Å². The number of hydrogen-bond donors (Lipinski definition) is 1. The van der Waals surface area contributed by atoms with Gasteiger partial charge in [-0.2, -0.15) is 0 Å². The first-order chi connectivity index (χ1) is 9.60. The summed E-state index contributed by atoms with van der Waals surface area (Å²) < 4.78 is 1.20. The molecule has 0 aromatic heterocycles. The van der Waals surface area contributed by atoms with Crippen molar-refractivity contribution in [2.24, 2.45) is 0 Å². The smallest absolute Gasteiger partial charge is 0.0431 e. The van der Waals surface area contributed by atoms with Gasteiger partial charge < -0.3 is 10.2 Å². The van der Waals surface area contributed by atoms with Gasteiger partial charge in [0.05, 0.1) is 0 Å².